The van der Waals surface area contributed by atoms with Gasteiger partial charge in [0.25, 0.3) is 0 Å². The molecule has 0 aliphatic carbocycles. The van der Waals surface area contributed by atoms with Gasteiger partial charge in [0.15, 0.2) is 5.78 Å². The van der Waals surface area contributed by atoms with E-state index in [2.05, 4.69) is 0 Å². The van der Waals surface area contributed by atoms with Crippen LogP contribution in [-0.4, -0.2) is 38.5 Å². The molecule has 8 heteroatoms. The molecule has 0 amide bonds. The molecular formula is C22H25ClO6S. The van der Waals surface area contributed by atoms with Crippen molar-refractivity contribution >= 4 is 34.2 Å². The van der Waals surface area contributed by atoms with Crippen molar-refractivity contribution in [2.75, 3.05) is 12.4 Å². The van der Waals surface area contributed by atoms with Gasteiger partial charge in [0.05, 0.1) is 39.3 Å². The SMILES string of the molecule is CCCc1c(OCCCS(=O)c2ccc(CC(=O)O)cc2Cl)ccc(C(C)=O)c1O. The number of carbonyl (C=O) groups excluding carboxylic acids is 1. The summed E-state index contributed by atoms with van der Waals surface area (Å²) in [6.07, 6.45) is 1.70. The minimum atomic E-state index is -1.35. The first-order valence-corrected chi connectivity index (χ1v) is 11.3. The molecule has 1 atom stereocenters. The number of carboxylic acids is 1. The molecular weight excluding hydrogens is 428 g/mol. The lowest BCUT2D eigenvalue weighted by Crippen LogP contribution is -2.08. The molecule has 0 aromatic heterocycles. The van der Waals surface area contributed by atoms with Gasteiger partial charge < -0.3 is 14.9 Å². The lowest BCUT2D eigenvalue weighted by atomic mass is 10.0. The highest BCUT2D eigenvalue weighted by Gasteiger charge is 2.16. The predicted molar refractivity (Wildman–Crippen MR) is 116 cm³/mol. The third-order valence-corrected chi connectivity index (χ3v) is 6.38. The first-order chi connectivity index (χ1) is 14.2. The molecule has 2 rings (SSSR count). The van der Waals surface area contributed by atoms with Crippen molar-refractivity contribution in [3.63, 3.8) is 0 Å². The average Bonchev–Trinajstić information content (AvgIpc) is 2.66. The maximum absolute atomic E-state index is 12.5. The topological polar surface area (TPSA) is 101 Å². The number of benzene rings is 2. The second-order valence-electron chi connectivity index (χ2n) is 6.83. The second-order valence-corrected chi connectivity index (χ2v) is 8.78. The van der Waals surface area contributed by atoms with Crippen LogP contribution in [0.5, 0.6) is 11.5 Å². The zero-order valence-corrected chi connectivity index (χ0v) is 18.5. The minimum absolute atomic E-state index is 0.0429. The summed E-state index contributed by atoms with van der Waals surface area (Å²) >= 11 is 6.16. The van der Waals surface area contributed by atoms with E-state index >= 15 is 0 Å². The zero-order valence-electron chi connectivity index (χ0n) is 16.9. The highest BCUT2D eigenvalue weighted by molar-refractivity contribution is 7.85. The highest BCUT2D eigenvalue weighted by atomic mass is 35.5. The Bertz CT molecular complexity index is 957. The van der Waals surface area contributed by atoms with Crippen LogP contribution >= 0.6 is 11.6 Å². The molecule has 0 saturated heterocycles. The number of phenols is 1. The molecule has 162 valence electrons. The maximum atomic E-state index is 12.5. The van der Waals surface area contributed by atoms with Gasteiger partial charge in [0.2, 0.25) is 0 Å². The molecule has 1 unspecified atom stereocenters. The average molecular weight is 453 g/mol. The van der Waals surface area contributed by atoms with Crippen molar-refractivity contribution in [1.82, 2.24) is 0 Å². The van der Waals surface area contributed by atoms with Gasteiger partial charge in [-0.2, -0.15) is 0 Å². The molecule has 0 aliphatic heterocycles. The molecule has 0 saturated carbocycles. The summed E-state index contributed by atoms with van der Waals surface area (Å²) in [6, 6.07) is 7.95. The van der Waals surface area contributed by atoms with Gasteiger partial charge in [0.1, 0.15) is 11.5 Å². The maximum Gasteiger partial charge on any atom is 0.307 e. The van der Waals surface area contributed by atoms with Gasteiger partial charge in [-0.3, -0.25) is 13.8 Å². The molecule has 2 aromatic rings. The fraction of sp³-hybridized carbons (Fsp3) is 0.364. The van der Waals surface area contributed by atoms with Crippen LogP contribution in [0.1, 0.15) is 48.2 Å². The normalized spacial score (nSPS) is 11.8. The smallest absolute Gasteiger partial charge is 0.307 e. The number of halogens is 1. The fourth-order valence-electron chi connectivity index (χ4n) is 3.02. The Morgan fingerprint density at radius 1 is 1.20 bits per heavy atom. The van der Waals surface area contributed by atoms with Gasteiger partial charge in [-0.25, -0.2) is 0 Å². The highest BCUT2D eigenvalue weighted by Crippen LogP contribution is 2.33. The standard InChI is InChI=1S/C22H25ClO6S/c1-3-5-17-19(8-7-16(14(2)24)22(17)27)29-10-4-11-30(28)20-9-6-15(12-18(20)23)13-21(25)26/h6-9,12,27H,3-5,10-11,13H2,1-2H3,(H,25,26). The number of ether oxygens (including phenoxy) is 1. The van der Waals surface area contributed by atoms with Crippen LogP contribution in [0.2, 0.25) is 5.02 Å². The van der Waals surface area contributed by atoms with Gasteiger partial charge in [0, 0.05) is 11.3 Å². The summed E-state index contributed by atoms with van der Waals surface area (Å²) in [5.74, 6) is -0.377. The molecule has 2 N–H and O–H groups in total. The number of ketones is 1. The Morgan fingerprint density at radius 2 is 1.93 bits per heavy atom. The molecule has 0 bridgehead atoms. The molecule has 30 heavy (non-hydrogen) atoms. The number of carboxylic acid groups (broad SMARTS) is 1. The molecule has 0 aliphatic rings. The van der Waals surface area contributed by atoms with Crippen molar-refractivity contribution in [1.29, 1.82) is 0 Å². The van der Waals surface area contributed by atoms with Crippen LogP contribution < -0.4 is 4.74 Å². The number of phenolic OH excluding ortho intramolecular Hbond substituents is 1. The van der Waals surface area contributed by atoms with E-state index in [0.717, 1.165) is 6.42 Å². The lowest BCUT2D eigenvalue weighted by molar-refractivity contribution is -0.136. The number of Topliss-reactive ketones (excluding diaryl/α,β-unsaturated/α-hetero) is 1. The monoisotopic (exact) mass is 452 g/mol. The number of hydrogen-bond donors (Lipinski definition) is 2. The number of hydrogen-bond acceptors (Lipinski definition) is 5. The third kappa shape index (κ3) is 6.31. The number of carbonyl (C=O) groups is 2. The van der Waals surface area contributed by atoms with Gasteiger partial charge in [-0.15, -0.1) is 0 Å². The van der Waals surface area contributed by atoms with Gasteiger partial charge >= 0.3 is 5.97 Å². The Balaban J connectivity index is 1.98. The second kappa shape index (κ2) is 11.1. The number of rotatable bonds is 11. The molecule has 6 nitrogen and oxygen atoms in total. The molecule has 0 radical (unpaired) electrons. The van der Waals surface area contributed by atoms with E-state index in [1.165, 1.54) is 13.0 Å². The van der Waals surface area contributed by atoms with Gasteiger partial charge in [-0.1, -0.05) is 31.0 Å². The quantitative estimate of drug-likeness (QED) is 0.387. The van der Waals surface area contributed by atoms with Gasteiger partial charge in [-0.05, 0) is 49.6 Å². The van der Waals surface area contributed by atoms with Crippen molar-refractivity contribution in [2.45, 2.75) is 44.4 Å². The van der Waals surface area contributed by atoms with E-state index < -0.39 is 16.8 Å². The summed E-state index contributed by atoms with van der Waals surface area (Å²) in [4.78, 5) is 22.9. The minimum Gasteiger partial charge on any atom is -0.507 e. The summed E-state index contributed by atoms with van der Waals surface area (Å²) < 4.78 is 18.3. The van der Waals surface area contributed by atoms with Crippen LogP contribution in [0, 0.1) is 0 Å². The van der Waals surface area contributed by atoms with Crippen LogP contribution in [0.4, 0.5) is 0 Å². The fourth-order valence-corrected chi connectivity index (χ4v) is 4.58. The largest absolute Gasteiger partial charge is 0.507 e. The first kappa shape index (κ1) is 23.9. The van der Waals surface area contributed by atoms with E-state index in [9.17, 15) is 18.9 Å². The van der Waals surface area contributed by atoms with Crippen LogP contribution in [-0.2, 0) is 28.4 Å². The number of aliphatic carboxylic acids is 1. The Hall–Kier alpha value is -2.38. The predicted octanol–water partition coefficient (Wildman–Crippen LogP) is 4.40. The summed E-state index contributed by atoms with van der Waals surface area (Å²) in [7, 11) is -1.35. The van der Waals surface area contributed by atoms with Crippen LogP contribution in [0.25, 0.3) is 0 Å². The van der Waals surface area contributed by atoms with Crippen LogP contribution in [0.15, 0.2) is 35.2 Å². The van der Waals surface area contributed by atoms with Crippen molar-refractivity contribution < 1.29 is 28.7 Å². The lowest BCUT2D eigenvalue weighted by Gasteiger charge is -2.14. The van der Waals surface area contributed by atoms with E-state index in [1.807, 2.05) is 6.92 Å². The van der Waals surface area contributed by atoms with Crippen molar-refractivity contribution in [3.8, 4) is 11.5 Å². The van der Waals surface area contributed by atoms with E-state index in [1.54, 1.807) is 24.3 Å². The first-order valence-electron chi connectivity index (χ1n) is 9.61. The number of aromatic hydroxyl groups is 1. The summed E-state index contributed by atoms with van der Waals surface area (Å²) in [5, 5.41) is 19.5. The zero-order chi connectivity index (χ0) is 22.3. The van der Waals surface area contributed by atoms with E-state index in [-0.39, 0.29) is 35.1 Å². The molecule has 0 heterocycles. The summed E-state index contributed by atoms with van der Waals surface area (Å²) in [6.45, 7) is 3.66. The molecule has 0 spiro atoms. The van der Waals surface area contributed by atoms with Crippen molar-refractivity contribution in [2.24, 2.45) is 0 Å². The van der Waals surface area contributed by atoms with Crippen molar-refractivity contribution in [3.05, 3.63) is 52.0 Å². The molecule has 0 fully saturated rings. The van der Waals surface area contributed by atoms with Crippen LogP contribution in [0.3, 0.4) is 0 Å². The van der Waals surface area contributed by atoms with E-state index in [4.69, 9.17) is 21.4 Å². The Morgan fingerprint density at radius 3 is 2.53 bits per heavy atom. The third-order valence-electron chi connectivity index (χ3n) is 4.45. The van der Waals surface area contributed by atoms with E-state index in [0.29, 0.717) is 40.4 Å². The Kier molecular flexibility index (Phi) is 8.87. The Labute approximate surface area is 183 Å². The molecule has 2 aromatic carbocycles. The summed E-state index contributed by atoms with van der Waals surface area (Å²) in [5.41, 5.74) is 1.42.